The Bertz CT molecular complexity index is 451. The van der Waals surface area contributed by atoms with Crippen LogP contribution in [-0.4, -0.2) is 55.8 Å². The van der Waals surface area contributed by atoms with E-state index in [1.807, 2.05) is 0 Å². The number of ether oxygens (including phenoxy) is 1. The van der Waals surface area contributed by atoms with Gasteiger partial charge in [0.25, 0.3) is 10.2 Å². The number of carbonyl (C=O) groups is 1. The molecule has 2 aliphatic rings. The van der Waals surface area contributed by atoms with Crippen LogP contribution in [0.15, 0.2) is 0 Å². The first kappa shape index (κ1) is 15.7. The standard InChI is InChI=1S/C13H24N2O4S/c1-11-6-5-8-14(10-11)20(17,18)15-9-4-3-7-12(15)13(16)19-2/h11-12H,3-10H2,1-2H3. The average Bonchev–Trinajstić information content (AvgIpc) is 2.46. The number of nitrogens with zero attached hydrogens (tertiary/aromatic N) is 2. The molecule has 2 heterocycles. The van der Waals surface area contributed by atoms with Gasteiger partial charge in [-0.1, -0.05) is 6.92 Å². The van der Waals surface area contributed by atoms with Crippen LogP contribution in [0.2, 0.25) is 0 Å². The fourth-order valence-electron chi connectivity index (χ4n) is 3.06. The van der Waals surface area contributed by atoms with Gasteiger partial charge in [0.15, 0.2) is 0 Å². The number of esters is 1. The highest BCUT2D eigenvalue weighted by molar-refractivity contribution is 7.86. The normalized spacial score (nSPS) is 30.1. The monoisotopic (exact) mass is 304 g/mol. The molecule has 0 aliphatic carbocycles. The Morgan fingerprint density at radius 1 is 1.15 bits per heavy atom. The van der Waals surface area contributed by atoms with E-state index in [2.05, 4.69) is 6.92 Å². The Morgan fingerprint density at radius 3 is 2.55 bits per heavy atom. The molecule has 2 fully saturated rings. The van der Waals surface area contributed by atoms with Gasteiger partial charge >= 0.3 is 5.97 Å². The van der Waals surface area contributed by atoms with Gasteiger partial charge < -0.3 is 4.74 Å². The molecule has 0 aromatic rings. The predicted molar refractivity (Wildman–Crippen MR) is 75.3 cm³/mol. The van der Waals surface area contributed by atoms with Crippen molar-refractivity contribution in [2.45, 2.75) is 45.1 Å². The van der Waals surface area contributed by atoms with E-state index in [0.717, 1.165) is 25.7 Å². The zero-order valence-corrected chi connectivity index (χ0v) is 13.1. The summed E-state index contributed by atoms with van der Waals surface area (Å²) in [6.45, 7) is 3.58. The van der Waals surface area contributed by atoms with E-state index in [9.17, 15) is 13.2 Å². The maximum Gasteiger partial charge on any atom is 0.324 e. The highest BCUT2D eigenvalue weighted by Crippen LogP contribution is 2.26. The second-order valence-corrected chi connectivity index (χ2v) is 7.64. The summed E-state index contributed by atoms with van der Waals surface area (Å²) in [5.74, 6) is -0.0711. The molecule has 2 aliphatic heterocycles. The topological polar surface area (TPSA) is 66.9 Å². The van der Waals surface area contributed by atoms with Gasteiger partial charge in [0.1, 0.15) is 6.04 Å². The molecule has 0 aromatic heterocycles. The van der Waals surface area contributed by atoms with Crippen molar-refractivity contribution in [1.29, 1.82) is 0 Å². The van der Waals surface area contributed by atoms with E-state index in [1.54, 1.807) is 0 Å². The van der Waals surface area contributed by atoms with Crippen LogP contribution < -0.4 is 0 Å². The summed E-state index contributed by atoms with van der Waals surface area (Å²) >= 11 is 0. The smallest absolute Gasteiger partial charge is 0.324 e. The lowest BCUT2D eigenvalue weighted by Gasteiger charge is -2.38. The van der Waals surface area contributed by atoms with Crippen LogP contribution in [-0.2, 0) is 19.7 Å². The van der Waals surface area contributed by atoms with Crippen LogP contribution in [0.3, 0.4) is 0 Å². The summed E-state index contributed by atoms with van der Waals surface area (Å²) in [7, 11) is -2.25. The summed E-state index contributed by atoms with van der Waals surface area (Å²) in [5, 5.41) is 0. The van der Waals surface area contributed by atoms with Crippen molar-refractivity contribution in [3.8, 4) is 0 Å². The van der Waals surface area contributed by atoms with Crippen LogP contribution in [0.25, 0.3) is 0 Å². The van der Waals surface area contributed by atoms with E-state index in [-0.39, 0.29) is 0 Å². The number of carbonyl (C=O) groups excluding carboxylic acids is 1. The van der Waals surface area contributed by atoms with Crippen LogP contribution in [0.1, 0.15) is 39.0 Å². The molecular formula is C13H24N2O4S. The predicted octanol–water partition coefficient (Wildman–Crippen LogP) is 0.991. The minimum Gasteiger partial charge on any atom is -0.468 e. The van der Waals surface area contributed by atoms with Crippen LogP contribution in [0.5, 0.6) is 0 Å². The highest BCUT2D eigenvalue weighted by Gasteiger charge is 2.41. The van der Waals surface area contributed by atoms with Crippen molar-refractivity contribution in [3.05, 3.63) is 0 Å². The van der Waals surface area contributed by atoms with Gasteiger partial charge in [0.05, 0.1) is 7.11 Å². The third-order valence-corrected chi connectivity index (χ3v) is 6.18. The van der Waals surface area contributed by atoms with Gasteiger partial charge in [0, 0.05) is 19.6 Å². The van der Waals surface area contributed by atoms with Crippen molar-refractivity contribution in [3.63, 3.8) is 0 Å². The number of methoxy groups -OCH3 is 1. The third kappa shape index (κ3) is 3.15. The largest absolute Gasteiger partial charge is 0.468 e. The zero-order valence-electron chi connectivity index (χ0n) is 12.2. The molecule has 2 unspecified atom stereocenters. The van der Waals surface area contributed by atoms with Crippen LogP contribution in [0.4, 0.5) is 0 Å². The van der Waals surface area contributed by atoms with E-state index < -0.39 is 22.2 Å². The van der Waals surface area contributed by atoms with Gasteiger partial charge in [-0.25, -0.2) is 0 Å². The van der Waals surface area contributed by atoms with Crippen molar-refractivity contribution >= 4 is 16.2 Å². The maximum absolute atomic E-state index is 12.8. The molecule has 2 saturated heterocycles. The van der Waals surface area contributed by atoms with Gasteiger partial charge in [-0.15, -0.1) is 0 Å². The Balaban J connectivity index is 2.19. The second-order valence-electron chi connectivity index (χ2n) is 5.76. The molecule has 7 heteroatoms. The molecule has 20 heavy (non-hydrogen) atoms. The van der Waals surface area contributed by atoms with Crippen LogP contribution in [0, 0.1) is 5.92 Å². The molecule has 0 aromatic carbocycles. The molecule has 0 N–H and O–H groups in total. The minimum atomic E-state index is -3.56. The van der Waals surface area contributed by atoms with E-state index in [1.165, 1.54) is 15.7 Å². The van der Waals surface area contributed by atoms with Gasteiger partial charge in [-0.05, 0) is 38.0 Å². The first-order chi connectivity index (χ1) is 9.46. The molecule has 0 spiro atoms. The molecular weight excluding hydrogens is 280 g/mol. The Labute approximate surface area is 121 Å². The zero-order chi connectivity index (χ0) is 14.8. The van der Waals surface area contributed by atoms with Crippen molar-refractivity contribution in [2.24, 2.45) is 5.92 Å². The fraction of sp³-hybridized carbons (Fsp3) is 0.923. The molecule has 0 radical (unpaired) electrons. The van der Waals surface area contributed by atoms with Crippen LogP contribution >= 0.6 is 0 Å². The molecule has 0 bridgehead atoms. The average molecular weight is 304 g/mol. The van der Waals surface area contributed by atoms with E-state index in [4.69, 9.17) is 4.74 Å². The number of hydrogen-bond donors (Lipinski definition) is 0. The lowest BCUT2D eigenvalue weighted by atomic mass is 10.0. The summed E-state index contributed by atoms with van der Waals surface area (Å²) in [4.78, 5) is 11.8. The molecule has 0 amide bonds. The van der Waals surface area contributed by atoms with Gasteiger partial charge in [-0.3, -0.25) is 4.79 Å². The van der Waals surface area contributed by atoms with E-state index >= 15 is 0 Å². The Kier molecular flexibility index (Phi) is 5.04. The van der Waals surface area contributed by atoms with Gasteiger partial charge in [-0.2, -0.15) is 17.0 Å². The lowest BCUT2D eigenvalue weighted by molar-refractivity contribution is -0.146. The molecule has 6 nitrogen and oxygen atoms in total. The van der Waals surface area contributed by atoms with Crippen molar-refractivity contribution in [2.75, 3.05) is 26.7 Å². The summed E-state index contributed by atoms with van der Waals surface area (Å²) in [6.07, 6.45) is 4.16. The second kappa shape index (κ2) is 6.41. The summed E-state index contributed by atoms with van der Waals surface area (Å²) in [5.41, 5.74) is 0. The van der Waals surface area contributed by atoms with Gasteiger partial charge in [0.2, 0.25) is 0 Å². The number of rotatable bonds is 3. The highest BCUT2D eigenvalue weighted by atomic mass is 32.2. The summed E-state index contributed by atoms with van der Waals surface area (Å²) in [6, 6.07) is -0.656. The quantitative estimate of drug-likeness (QED) is 0.729. The fourth-order valence-corrected chi connectivity index (χ4v) is 5.03. The molecule has 116 valence electrons. The maximum atomic E-state index is 12.8. The van der Waals surface area contributed by atoms with E-state index in [0.29, 0.717) is 32.0 Å². The molecule has 2 atom stereocenters. The Morgan fingerprint density at radius 2 is 1.90 bits per heavy atom. The first-order valence-electron chi connectivity index (χ1n) is 7.31. The third-order valence-electron chi connectivity index (χ3n) is 4.17. The number of hydrogen-bond acceptors (Lipinski definition) is 4. The minimum absolute atomic E-state index is 0.375. The van der Waals surface area contributed by atoms with Crippen molar-refractivity contribution in [1.82, 2.24) is 8.61 Å². The Hall–Kier alpha value is -0.660. The van der Waals surface area contributed by atoms with Crippen molar-refractivity contribution < 1.29 is 17.9 Å². The SMILES string of the molecule is COC(=O)C1CCCCN1S(=O)(=O)N1CCCC(C)C1. The molecule has 2 rings (SSSR count). The first-order valence-corrected chi connectivity index (χ1v) is 8.71. The molecule has 0 saturated carbocycles. The summed E-state index contributed by atoms with van der Waals surface area (Å²) < 4.78 is 33.2. The number of piperidine rings is 2. The lowest BCUT2D eigenvalue weighted by Crippen LogP contribution is -2.55.